The lowest BCUT2D eigenvalue weighted by Crippen LogP contribution is -2.46. The second-order valence-electron chi connectivity index (χ2n) is 6.63. The number of hydrogen-bond acceptors (Lipinski definition) is 3. The van der Waals surface area contributed by atoms with Crippen LogP contribution in [0, 0.1) is 5.82 Å². The summed E-state index contributed by atoms with van der Waals surface area (Å²) in [6.07, 6.45) is 1.67. The van der Waals surface area contributed by atoms with Gasteiger partial charge in [-0.3, -0.25) is 4.79 Å². The van der Waals surface area contributed by atoms with Gasteiger partial charge in [-0.25, -0.2) is 4.39 Å². The summed E-state index contributed by atoms with van der Waals surface area (Å²) in [5.41, 5.74) is 7.57. The van der Waals surface area contributed by atoms with E-state index in [0.29, 0.717) is 33.3 Å². The maximum atomic E-state index is 14.0. The number of H-pyrrole nitrogens is 1. The van der Waals surface area contributed by atoms with Gasteiger partial charge in [-0.05, 0) is 35.9 Å². The van der Waals surface area contributed by atoms with Crippen LogP contribution < -0.4 is 10.5 Å². The number of methoxy groups -OCH3 is 1. The summed E-state index contributed by atoms with van der Waals surface area (Å²) in [7, 11) is 1.55. The van der Waals surface area contributed by atoms with Crippen LogP contribution in [0.4, 0.5) is 4.39 Å². The first-order valence-electron chi connectivity index (χ1n) is 8.84. The third-order valence-corrected chi connectivity index (χ3v) is 4.99. The van der Waals surface area contributed by atoms with Crippen molar-refractivity contribution in [2.45, 2.75) is 5.54 Å². The van der Waals surface area contributed by atoms with E-state index in [-0.39, 0.29) is 5.78 Å². The molecule has 0 saturated heterocycles. The van der Waals surface area contributed by atoms with Crippen LogP contribution in [-0.4, -0.2) is 17.9 Å². The van der Waals surface area contributed by atoms with Crippen molar-refractivity contribution in [3.8, 4) is 5.75 Å². The molecule has 0 radical (unpaired) electrons. The highest BCUT2D eigenvalue weighted by atomic mass is 19.1. The number of hydrogen-bond donors (Lipinski definition) is 2. The standard InChI is InChI=1S/C23H19FN2O2/c1-28-18-9-5-8-16(12-18)23(25,22(27)15-6-3-2-4-7-15)20-14-26-21-11-10-17(24)13-19(20)21/h2-14,26H,25H2,1H3. The maximum Gasteiger partial charge on any atom is 0.191 e. The van der Waals surface area contributed by atoms with E-state index in [2.05, 4.69) is 4.98 Å². The second kappa shape index (κ2) is 6.94. The smallest absolute Gasteiger partial charge is 0.191 e. The Morgan fingerprint density at radius 3 is 2.57 bits per heavy atom. The number of nitrogens with two attached hydrogens (primary N) is 1. The molecule has 3 aromatic carbocycles. The van der Waals surface area contributed by atoms with E-state index in [0.717, 1.165) is 0 Å². The number of ether oxygens (including phenoxy) is 1. The van der Waals surface area contributed by atoms with Gasteiger partial charge >= 0.3 is 0 Å². The molecule has 5 heteroatoms. The van der Waals surface area contributed by atoms with Crippen LogP contribution in [0.25, 0.3) is 10.9 Å². The van der Waals surface area contributed by atoms with Crippen LogP contribution in [0.5, 0.6) is 5.75 Å². The van der Waals surface area contributed by atoms with Gasteiger partial charge in [0.25, 0.3) is 0 Å². The molecule has 0 aliphatic rings. The fraction of sp³-hybridized carbons (Fsp3) is 0.0870. The summed E-state index contributed by atoms with van der Waals surface area (Å²) < 4.78 is 19.3. The molecule has 0 aliphatic heterocycles. The molecule has 140 valence electrons. The lowest BCUT2D eigenvalue weighted by molar-refractivity contribution is 0.0915. The zero-order chi connectivity index (χ0) is 19.7. The zero-order valence-electron chi connectivity index (χ0n) is 15.3. The average molecular weight is 374 g/mol. The first-order chi connectivity index (χ1) is 13.5. The Balaban J connectivity index is 2.00. The van der Waals surface area contributed by atoms with Gasteiger partial charge in [-0.2, -0.15) is 0 Å². The van der Waals surface area contributed by atoms with Gasteiger partial charge in [0.2, 0.25) is 0 Å². The Morgan fingerprint density at radius 2 is 1.82 bits per heavy atom. The van der Waals surface area contributed by atoms with Gasteiger partial charge < -0.3 is 15.5 Å². The molecule has 0 spiro atoms. The summed E-state index contributed by atoms with van der Waals surface area (Å²) in [6.45, 7) is 0. The molecule has 1 unspecified atom stereocenters. The Hall–Kier alpha value is -3.44. The molecule has 0 saturated carbocycles. The first kappa shape index (κ1) is 17.9. The van der Waals surface area contributed by atoms with E-state index in [1.165, 1.54) is 12.1 Å². The number of benzene rings is 3. The van der Waals surface area contributed by atoms with Gasteiger partial charge in [0.1, 0.15) is 17.1 Å². The van der Waals surface area contributed by atoms with Crippen molar-refractivity contribution < 1.29 is 13.9 Å². The quantitative estimate of drug-likeness (QED) is 0.509. The van der Waals surface area contributed by atoms with Crippen molar-refractivity contribution in [3.63, 3.8) is 0 Å². The highest BCUT2D eigenvalue weighted by Gasteiger charge is 2.40. The predicted octanol–water partition coefficient (Wildman–Crippen LogP) is 4.40. The molecule has 4 rings (SSSR count). The predicted molar refractivity (Wildman–Crippen MR) is 107 cm³/mol. The van der Waals surface area contributed by atoms with Crippen molar-refractivity contribution in [3.05, 3.63) is 102 Å². The SMILES string of the molecule is COc1cccc(C(N)(C(=O)c2ccccc2)c2c[nH]c3ccc(F)cc23)c1. The molecule has 4 nitrogen and oxygen atoms in total. The minimum Gasteiger partial charge on any atom is -0.497 e. The number of carbonyl (C=O) groups excluding carboxylic acids is 1. The average Bonchev–Trinajstić information content (AvgIpc) is 3.16. The van der Waals surface area contributed by atoms with Gasteiger partial charge in [-0.1, -0.05) is 42.5 Å². The van der Waals surface area contributed by atoms with Crippen LogP contribution in [0.3, 0.4) is 0 Å². The minimum absolute atomic E-state index is 0.286. The molecule has 28 heavy (non-hydrogen) atoms. The molecular formula is C23H19FN2O2. The number of Topliss-reactive ketones (excluding diaryl/α,β-unsaturated/α-hetero) is 1. The summed E-state index contributed by atoms with van der Waals surface area (Å²) >= 11 is 0. The third-order valence-electron chi connectivity index (χ3n) is 4.99. The molecule has 1 heterocycles. The number of aromatic amines is 1. The topological polar surface area (TPSA) is 68.1 Å². The van der Waals surface area contributed by atoms with Gasteiger partial charge in [-0.15, -0.1) is 0 Å². The number of aromatic nitrogens is 1. The van der Waals surface area contributed by atoms with Crippen LogP contribution in [0.2, 0.25) is 0 Å². The van der Waals surface area contributed by atoms with Crippen molar-refractivity contribution in [1.82, 2.24) is 4.98 Å². The second-order valence-corrected chi connectivity index (χ2v) is 6.63. The summed E-state index contributed by atoms with van der Waals surface area (Å²) in [6, 6.07) is 20.3. The number of halogens is 1. The van der Waals surface area contributed by atoms with Crippen LogP contribution >= 0.6 is 0 Å². The van der Waals surface area contributed by atoms with Crippen LogP contribution in [0.15, 0.2) is 79.0 Å². The van der Waals surface area contributed by atoms with Crippen LogP contribution in [-0.2, 0) is 5.54 Å². The monoisotopic (exact) mass is 374 g/mol. The van der Waals surface area contributed by atoms with E-state index in [1.807, 2.05) is 6.07 Å². The fourth-order valence-electron chi connectivity index (χ4n) is 3.51. The van der Waals surface area contributed by atoms with Gasteiger partial charge in [0.05, 0.1) is 7.11 Å². The first-order valence-corrected chi connectivity index (χ1v) is 8.84. The number of nitrogens with one attached hydrogen (secondary N) is 1. The normalized spacial score (nSPS) is 13.2. The highest BCUT2D eigenvalue weighted by Crippen LogP contribution is 2.37. The number of rotatable bonds is 5. The molecule has 0 fully saturated rings. The molecule has 4 aromatic rings. The Labute approximate surface area is 161 Å². The molecular weight excluding hydrogens is 355 g/mol. The zero-order valence-corrected chi connectivity index (χ0v) is 15.3. The molecule has 0 bridgehead atoms. The Morgan fingerprint density at radius 1 is 1.04 bits per heavy atom. The number of ketones is 1. The fourth-order valence-corrected chi connectivity index (χ4v) is 3.51. The maximum absolute atomic E-state index is 14.0. The number of carbonyl (C=O) groups is 1. The highest BCUT2D eigenvalue weighted by molar-refractivity contribution is 6.08. The van der Waals surface area contributed by atoms with E-state index < -0.39 is 11.4 Å². The molecule has 0 aliphatic carbocycles. The minimum atomic E-state index is -1.53. The molecule has 1 aromatic heterocycles. The molecule has 1 atom stereocenters. The van der Waals surface area contributed by atoms with Crippen LogP contribution in [0.1, 0.15) is 21.5 Å². The third kappa shape index (κ3) is 2.86. The summed E-state index contributed by atoms with van der Waals surface area (Å²) in [4.78, 5) is 16.7. The number of fused-ring (bicyclic) bond motifs is 1. The van der Waals surface area contributed by atoms with Gasteiger partial charge in [0, 0.05) is 28.2 Å². The van der Waals surface area contributed by atoms with E-state index >= 15 is 0 Å². The lowest BCUT2D eigenvalue weighted by atomic mass is 9.77. The Bertz CT molecular complexity index is 1150. The van der Waals surface area contributed by atoms with E-state index in [1.54, 1.807) is 67.9 Å². The largest absolute Gasteiger partial charge is 0.497 e. The van der Waals surface area contributed by atoms with Crippen molar-refractivity contribution >= 4 is 16.7 Å². The van der Waals surface area contributed by atoms with Gasteiger partial charge in [0.15, 0.2) is 5.78 Å². The van der Waals surface area contributed by atoms with Crippen molar-refractivity contribution in [1.29, 1.82) is 0 Å². The van der Waals surface area contributed by atoms with E-state index in [4.69, 9.17) is 10.5 Å². The van der Waals surface area contributed by atoms with E-state index in [9.17, 15) is 9.18 Å². The van der Waals surface area contributed by atoms with Crippen molar-refractivity contribution in [2.24, 2.45) is 5.73 Å². The summed E-state index contributed by atoms with van der Waals surface area (Å²) in [5.74, 6) is -0.0979. The lowest BCUT2D eigenvalue weighted by Gasteiger charge is -2.29. The van der Waals surface area contributed by atoms with Crippen molar-refractivity contribution in [2.75, 3.05) is 7.11 Å². The molecule has 3 N–H and O–H groups in total. The summed E-state index contributed by atoms with van der Waals surface area (Å²) in [5, 5.41) is 0.564. The molecule has 0 amide bonds. The Kier molecular flexibility index (Phi) is 4.45.